The van der Waals surface area contributed by atoms with Gasteiger partial charge in [-0.2, -0.15) is 0 Å². The van der Waals surface area contributed by atoms with E-state index in [-0.39, 0.29) is 11.7 Å². The van der Waals surface area contributed by atoms with Crippen molar-refractivity contribution in [1.29, 1.82) is 0 Å². The summed E-state index contributed by atoms with van der Waals surface area (Å²) in [5.41, 5.74) is 1.83. The molecule has 0 radical (unpaired) electrons. The maximum absolute atomic E-state index is 12.4. The van der Waals surface area contributed by atoms with Crippen molar-refractivity contribution in [3.05, 3.63) is 50.6 Å². The van der Waals surface area contributed by atoms with Crippen LogP contribution in [0.1, 0.15) is 27.0 Å². The van der Waals surface area contributed by atoms with Gasteiger partial charge in [-0.3, -0.25) is 9.59 Å². The summed E-state index contributed by atoms with van der Waals surface area (Å²) in [6.07, 6.45) is 0. The van der Waals surface area contributed by atoms with Crippen LogP contribution in [0.5, 0.6) is 0 Å². The summed E-state index contributed by atoms with van der Waals surface area (Å²) in [7, 11) is 0. The first-order valence-electron chi connectivity index (χ1n) is 7.45. The van der Waals surface area contributed by atoms with Crippen molar-refractivity contribution in [3.63, 3.8) is 0 Å². The Hall–Kier alpha value is -1.66. The summed E-state index contributed by atoms with van der Waals surface area (Å²) in [5, 5.41) is 0. The number of hydrogen-bond donors (Lipinski definition) is 0. The molecule has 1 amide bonds. The van der Waals surface area contributed by atoms with E-state index >= 15 is 0 Å². The maximum Gasteiger partial charge on any atom is 0.264 e. The quantitative estimate of drug-likeness (QED) is 0.748. The standard InChI is InChI=1S/C17H17BrN2O2S/c1-12(21)13-2-4-14(5-3-13)19-8-10-20(11-9-19)17(22)15-6-7-16(18)23-15/h2-7H,8-11H2,1H3. The van der Waals surface area contributed by atoms with Crippen molar-refractivity contribution in [2.75, 3.05) is 31.1 Å². The summed E-state index contributed by atoms with van der Waals surface area (Å²) in [6, 6.07) is 11.4. The lowest BCUT2D eigenvalue weighted by atomic mass is 10.1. The Kier molecular flexibility index (Phi) is 4.82. The zero-order valence-corrected chi connectivity index (χ0v) is 15.2. The summed E-state index contributed by atoms with van der Waals surface area (Å²) in [6.45, 7) is 4.60. The Bertz CT molecular complexity index is 718. The molecule has 1 aliphatic heterocycles. The van der Waals surface area contributed by atoms with Crippen LogP contribution >= 0.6 is 27.3 Å². The van der Waals surface area contributed by atoms with E-state index in [1.807, 2.05) is 41.3 Å². The lowest BCUT2D eigenvalue weighted by Crippen LogP contribution is -2.48. The van der Waals surface area contributed by atoms with Gasteiger partial charge in [-0.15, -0.1) is 11.3 Å². The van der Waals surface area contributed by atoms with Gasteiger partial charge in [0, 0.05) is 37.4 Å². The first-order chi connectivity index (χ1) is 11.0. The molecule has 1 fully saturated rings. The minimum Gasteiger partial charge on any atom is -0.368 e. The molecule has 23 heavy (non-hydrogen) atoms. The zero-order valence-electron chi connectivity index (χ0n) is 12.8. The van der Waals surface area contributed by atoms with Gasteiger partial charge in [0.25, 0.3) is 5.91 Å². The molecule has 0 saturated carbocycles. The minimum atomic E-state index is 0.0778. The first kappa shape index (κ1) is 16.2. The number of carbonyl (C=O) groups is 2. The molecule has 1 aromatic heterocycles. The van der Waals surface area contributed by atoms with Crippen molar-refractivity contribution < 1.29 is 9.59 Å². The number of benzene rings is 1. The Morgan fingerprint density at radius 1 is 1.00 bits per heavy atom. The van der Waals surface area contributed by atoms with Crippen LogP contribution in [0.2, 0.25) is 0 Å². The van der Waals surface area contributed by atoms with E-state index in [2.05, 4.69) is 20.8 Å². The third-order valence-corrected chi connectivity index (χ3v) is 5.60. The largest absolute Gasteiger partial charge is 0.368 e. The van der Waals surface area contributed by atoms with E-state index in [1.54, 1.807) is 6.92 Å². The second-order valence-corrected chi connectivity index (χ2v) is 7.95. The fourth-order valence-corrected chi connectivity index (χ4v) is 4.01. The number of Topliss-reactive ketones (excluding diaryl/α,β-unsaturated/α-hetero) is 1. The van der Waals surface area contributed by atoms with Crippen molar-refractivity contribution in [2.24, 2.45) is 0 Å². The summed E-state index contributed by atoms with van der Waals surface area (Å²) >= 11 is 4.87. The molecular weight excluding hydrogens is 376 g/mol. The topological polar surface area (TPSA) is 40.6 Å². The normalized spacial score (nSPS) is 14.9. The van der Waals surface area contributed by atoms with E-state index in [0.717, 1.165) is 33.0 Å². The highest BCUT2D eigenvalue weighted by molar-refractivity contribution is 9.11. The Morgan fingerprint density at radius 2 is 1.65 bits per heavy atom. The van der Waals surface area contributed by atoms with Crippen LogP contribution in [0.25, 0.3) is 0 Å². The van der Waals surface area contributed by atoms with Gasteiger partial charge in [0.05, 0.1) is 8.66 Å². The predicted molar refractivity (Wildman–Crippen MR) is 96.6 cm³/mol. The molecule has 0 bridgehead atoms. The van der Waals surface area contributed by atoms with Gasteiger partial charge < -0.3 is 9.80 Å². The molecule has 1 aliphatic rings. The summed E-state index contributed by atoms with van der Waals surface area (Å²) < 4.78 is 0.977. The molecule has 0 atom stereocenters. The molecule has 1 aromatic carbocycles. The number of anilines is 1. The second kappa shape index (κ2) is 6.84. The first-order valence-corrected chi connectivity index (χ1v) is 9.06. The lowest BCUT2D eigenvalue weighted by molar-refractivity contribution is 0.0751. The van der Waals surface area contributed by atoms with E-state index in [4.69, 9.17) is 0 Å². The van der Waals surface area contributed by atoms with Crippen molar-refractivity contribution >= 4 is 44.6 Å². The fraction of sp³-hybridized carbons (Fsp3) is 0.294. The van der Waals surface area contributed by atoms with Crippen LogP contribution in [-0.4, -0.2) is 42.8 Å². The molecule has 1 saturated heterocycles. The summed E-state index contributed by atoms with van der Waals surface area (Å²) in [5.74, 6) is 0.182. The lowest BCUT2D eigenvalue weighted by Gasteiger charge is -2.36. The molecular formula is C17H17BrN2O2S. The minimum absolute atomic E-state index is 0.0778. The zero-order chi connectivity index (χ0) is 16.4. The van der Waals surface area contributed by atoms with Crippen LogP contribution in [-0.2, 0) is 0 Å². The molecule has 2 aromatic rings. The van der Waals surface area contributed by atoms with Crippen LogP contribution < -0.4 is 4.90 Å². The van der Waals surface area contributed by atoms with E-state index < -0.39 is 0 Å². The van der Waals surface area contributed by atoms with Gasteiger partial charge in [-0.1, -0.05) is 0 Å². The van der Waals surface area contributed by atoms with Crippen molar-refractivity contribution in [1.82, 2.24) is 4.90 Å². The molecule has 120 valence electrons. The van der Waals surface area contributed by atoms with Gasteiger partial charge in [0.2, 0.25) is 0 Å². The van der Waals surface area contributed by atoms with Crippen molar-refractivity contribution in [3.8, 4) is 0 Å². The third-order valence-electron chi connectivity index (χ3n) is 3.99. The molecule has 0 aliphatic carbocycles. The monoisotopic (exact) mass is 392 g/mol. The molecule has 2 heterocycles. The van der Waals surface area contributed by atoms with Crippen LogP contribution in [0, 0.1) is 0 Å². The Balaban J connectivity index is 1.61. The number of thiophene rings is 1. The van der Waals surface area contributed by atoms with E-state index in [9.17, 15) is 9.59 Å². The number of carbonyl (C=O) groups excluding carboxylic acids is 2. The number of nitrogens with zero attached hydrogens (tertiary/aromatic N) is 2. The van der Waals surface area contributed by atoms with Gasteiger partial charge >= 0.3 is 0 Å². The fourth-order valence-electron chi connectivity index (χ4n) is 2.66. The number of piperazine rings is 1. The smallest absolute Gasteiger partial charge is 0.264 e. The maximum atomic E-state index is 12.4. The highest BCUT2D eigenvalue weighted by Gasteiger charge is 2.23. The highest BCUT2D eigenvalue weighted by Crippen LogP contribution is 2.24. The van der Waals surface area contributed by atoms with E-state index in [0.29, 0.717) is 13.1 Å². The summed E-state index contributed by atoms with van der Waals surface area (Å²) in [4.78, 5) is 28.7. The number of rotatable bonds is 3. The Labute approximate surface area is 147 Å². The average Bonchev–Trinajstić information content (AvgIpc) is 3.01. The van der Waals surface area contributed by atoms with Crippen LogP contribution in [0.3, 0.4) is 0 Å². The second-order valence-electron chi connectivity index (χ2n) is 5.49. The third kappa shape index (κ3) is 3.64. The van der Waals surface area contributed by atoms with Gasteiger partial charge in [-0.25, -0.2) is 0 Å². The van der Waals surface area contributed by atoms with Crippen molar-refractivity contribution in [2.45, 2.75) is 6.92 Å². The van der Waals surface area contributed by atoms with E-state index in [1.165, 1.54) is 11.3 Å². The predicted octanol–water partition coefficient (Wildman–Crippen LogP) is 3.68. The van der Waals surface area contributed by atoms with Crippen LogP contribution in [0.4, 0.5) is 5.69 Å². The molecule has 6 heteroatoms. The average molecular weight is 393 g/mol. The SMILES string of the molecule is CC(=O)c1ccc(N2CCN(C(=O)c3ccc(Br)s3)CC2)cc1. The van der Waals surface area contributed by atoms with Gasteiger partial charge in [0.15, 0.2) is 5.78 Å². The highest BCUT2D eigenvalue weighted by atomic mass is 79.9. The number of ketones is 1. The Morgan fingerprint density at radius 3 is 2.17 bits per heavy atom. The number of halogens is 1. The van der Waals surface area contributed by atoms with Gasteiger partial charge in [0.1, 0.15) is 0 Å². The number of amides is 1. The van der Waals surface area contributed by atoms with Gasteiger partial charge in [-0.05, 0) is 59.3 Å². The molecule has 4 nitrogen and oxygen atoms in total. The molecule has 0 unspecified atom stereocenters. The molecule has 3 rings (SSSR count). The molecule has 0 spiro atoms. The van der Waals surface area contributed by atoms with Crippen LogP contribution in [0.15, 0.2) is 40.2 Å². The number of hydrogen-bond acceptors (Lipinski definition) is 4. The molecule has 0 N–H and O–H groups in total.